The predicted octanol–water partition coefficient (Wildman–Crippen LogP) is 4.42. The van der Waals surface area contributed by atoms with E-state index in [1.54, 1.807) is 0 Å². The Hall–Kier alpha value is -1.48. The first-order chi connectivity index (χ1) is 9.72. The van der Waals surface area contributed by atoms with Crippen LogP contribution in [-0.2, 0) is 0 Å². The molecular formula is C17H18BrNO. The zero-order valence-electron chi connectivity index (χ0n) is 11.6. The quantitative estimate of drug-likeness (QED) is 0.825. The van der Waals surface area contributed by atoms with Crippen LogP contribution in [0.5, 0.6) is 5.75 Å². The molecular weight excluding hydrogens is 314 g/mol. The Morgan fingerprint density at radius 3 is 2.60 bits per heavy atom. The van der Waals surface area contributed by atoms with Crippen LogP contribution in [-0.4, -0.2) is 19.2 Å². The molecule has 1 fully saturated rings. The van der Waals surface area contributed by atoms with Gasteiger partial charge in [0.1, 0.15) is 11.9 Å². The second kappa shape index (κ2) is 5.88. The SMILES string of the molecule is Cc1ccccc1N1CCC(Oc2ccc(Br)cc2)C1. The van der Waals surface area contributed by atoms with Crippen molar-refractivity contribution in [2.45, 2.75) is 19.4 Å². The fourth-order valence-corrected chi connectivity index (χ4v) is 2.93. The van der Waals surface area contributed by atoms with Gasteiger partial charge in [0.05, 0.1) is 6.54 Å². The van der Waals surface area contributed by atoms with Gasteiger partial charge in [-0.2, -0.15) is 0 Å². The van der Waals surface area contributed by atoms with Crippen molar-refractivity contribution in [2.75, 3.05) is 18.0 Å². The summed E-state index contributed by atoms with van der Waals surface area (Å²) in [5.41, 5.74) is 2.66. The summed E-state index contributed by atoms with van der Waals surface area (Å²) in [6.45, 7) is 4.19. The molecule has 0 aliphatic carbocycles. The molecule has 3 rings (SSSR count). The van der Waals surface area contributed by atoms with Crippen LogP contribution in [0, 0.1) is 6.92 Å². The highest BCUT2D eigenvalue weighted by Crippen LogP contribution is 2.26. The summed E-state index contributed by atoms with van der Waals surface area (Å²) in [6, 6.07) is 16.6. The number of para-hydroxylation sites is 1. The van der Waals surface area contributed by atoms with Crippen LogP contribution in [0.1, 0.15) is 12.0 Å². The van der Waals surface area contributed by atoms with Crippen molar-refractivity contribution in [1.29, 1.82) is 0 Å². The third-order valence-corrected chi connectivity index (χ3v) is 4.25. The van der Waals surface area contributed by atoms with E-state index in [-0.39, 0.29) is 6.10 Å². The van der Waals surface area contributed by atoms with Crippen molar-refractivity contribution in [2.24, 2.45) is 0 Å². The number of hydrogen-bond donors (Lipinski definition) is 0. The summed E-state index contributed by atoms with van der Waals surface area (Å²) < 4.78 is 7.14. The number of halogens is 1. The average Bonchev–Trinajstić information content (AvgIpc) is 2.90. The van der Waals surface area contributed by atoms with Gasteiger partial charge in [-0.3, -0.25) is 0 Å². The van der Waals surface area contributed by atoms with Crippen molar-refractivity contribution in [1.82, 2.24) is 0 Å². The van der Waals surface area contributed by atoms with Gasteiger partial charge in [0.2, 0.25) is 0 Å². The van der Waals surface area contributed by atoms with Crippen LogP contribution >= 0.6 is 15.9 Å². The minimum Gasteiger partial charge on any atom is -0.489 e. The molecule has 1 saturated heterocycles. The van der Waals surface area contributed by atoms with Gasteiger partial charge in [0, 0.05) is 23.1 Å². The second-order valence-electron chi connectivity index (χ2n) is 5.21. The second-order valence-corrected chi connectivity index (χ2v) is 6.13. The average molecular weight is 332 g/mol. The number of nitrogens with zero attached hydrogens (tertiary/aromatic N) is 1. The lowest BCUT2D eigenvalue weighted by Gasteiger charge is -2.21. The van der Waals surface area contributed by atoms with Crippen molar-refractivity contribution in [3.8, 4) is 5.75 Å². The van der Waals surface area contributed by atoms with Crippen molar-refractivity contribution in [3.63, 3.8) is 0 Å². The lowest BCUT2D eigenvalue weighted by atomic mass is 10.2. The normalized spacial score (nSPS) is 18.3. The summed E-state index contributed by atoms with van der Waals surface area (Å²) in [5.74, 6) is 0.949. The molecule has 1 atom stereocenters. The van der Waals surface area contributed by atoms with E-state index in [2.05, 4.69) is 52.0 Å². The van der Waals surface area contributed by atoms with Gasteiger partial charge in [-0.15, -0.1) is 0 Å². The maximum atomic E-state index is 6.06. The third-order valence-electron chi connectivity index (χ3n) is 3.72. The van der Waals surface area contributed by atoms with Crippen LogP contribution in [0.2, 0.25) is 0 Å². The molecule has 20 heavy (non-hydrogen) atoms. The monoisotopic (exact) mass is 331 g/mol. The molecule has 0 spiro atoms. The largest absolute Gasteiger partial charge is 0.489 e. The topological polar surface area (TPSA) is 12.5 Å². The van der Waals surface area contributed by atoms with Crippen LogP contribution < -0.4 is 9.64 Å². The lowest BCUT2D eigenvalue weighted by molar-refractivity contribution is 0.225. The highest BCUT2D eigenvalue weighted by Gasteiger charge is 2.24. The molecule has 3 heteroatoms. The number of benzene rings is 2. The van der Waals surface area contributed by atoms with Crippen molar-refractivity contribution < 1.29 is 4.74 Å². The van der Waals surface area contributed by atoms with Gasteiger partial charge in [0.25, 0.3) is 0 Å². The summed E-state index contributed by atoms with van der Waals surface area (Å²) in [4.78, 5) is 2.42. The summed E-state index contributed by atoms with van der Waals surface area (Å²) in [5, 5.41) is 0. The highest BCUT2D eigenvalue weighted by molar-refractivity contribution is 9.10. The zero-order valence-corrected chi connectivity index (χ0v) is 13.1. The van der Waals surface area contributed by atoms with E-state index >= 15 is 0 Å². The van der Waals surface area contributed by atoms with Crippen molar-refractivity contribution >= 4 is 21.6 Å². The van der Waals surface area contributed by atoms with E-state index in [1.165, 1.54) is 11.3 Å². The predicted molar refractivity (Wildman–Crippen MR) is 86.6 cm³/mol. The van der Waals surface area contributed by atoms with E-state index in [0.29, 0.717) is 0 Å². The van der Waals surface area contributed by atoms with Crippen LogP contribution in [0.4, 0.5) is 5.69 Å². The molecule has 1 aliphatic rings. The smallest absolute Gasteiger partial charge is 0.119 e. The van der Waals surface area contributed by atoms with Crippen LogP contribution in [0.15, 0.2) is 53.0 Å². The highest BCUT2D eigenvalue weighted by atomic mass is 79.9. The molecule has 2 nitrogen and oxygen atoms in total. The zero-order chi connectivity index (χ0) is 13.9. The minimum absolute atomic E-state index is 0.274. The fraction of sp³-hybridized carbons (Fsp3) is 0.294. The molecule has 1 aliphatic heterocycles. The molecule has 0 aromatic heterocycles. The number of hydrogen-bond acceptors (Lipinski definition) is 2. The minimum atomic E-state index is 0.274. The maximum Gasteiger partial charge on any atom is 0.119 e. The Morgan fingerprint density at radius 2 is 1.85 bits per heavy atom. The molecule has 104 valence electrons. The first-order valence-electron chi connectivity index (χ1n) is 6.95. The molecule has 0 N–H and O–H groups in total. The molecule has 2 aromatic carbocycles. The number of ether oxygens (including phenoxy) is 1. The van der Waals surface area contributed by atoms with Gasteiger partial charge >= 0.3 is 0 Å². The Bertz CT molecular complexity index is 582. The maximum absolute atomic E-state index is 6.06. The van der Waals surface area contributed by atoms with Gasteiger partial charge in [-0.25, -0.2) is 0 Å². The number of aryl methyl sites for hydroxylation is 1. The van der Waals surface area contributed by atoms with E-state index in [9.17, 15) is 0 Å². The molecule has 0 radical (unpaired) electrons. The van der Waals surface area contributed by atoms with E-state index in [0.717, 1.165) is 29.7 Å². The van der Waals surface area contributed by atoms with Crippen molar-refractivity contribution in [3.05, 3.63) is 58.6 Å². The summed E-state index contributed by atoms with van der Waals surface area (Å²) >= 11 is 3.44. The first-order valence-corrected chi connectivity index (χ1v) is 7.74. The van der Waals surface area contributed by atoms with Crippen LogP contribution in [0.25, 0.3) is 0 Å². The molecule has 0 amide bonds. The standard InChI is InChI=1S/C17H18BrNO/c1-13-4-2-3-5-17(13)19-11-10-16(12-19)20-15-8-6-14(18)7-9-15/h2-9,16H,10-12H2,1H3. The summed E-state index contributed by atoms with van der Waals surface area (Å²) in [6.07, 6.45) is 1.35. The number of rotatable bonds is 3. The molecule has 1 unspecified atom stereocenters. The third kappa shape index (κ3) is 2.98. The van der Waals surface area contributed by atoms with Crippen LogP contribution in [0.3, 0.4) is 0 Å². The van der Waals surface area contributed by atoms with Gasteiger partial charge < -0.3 is 9.64 Å². The molecule has 2 aromatic rings. The van der Waals surface area contributed by atoms with Gasteiger partial charge in [-0.1, -0.05) is 34.1 Å². The number of anilines is 1. The van der Waals surface area contributed by atoms with Gasteiger partial charge in [-0.05, 0) is 42.8 Å². The Labute approximate surface area is 128 Å². The molecule has 0 saturated carbocycles. The molecule has 0 bridgehead atoms. The first kappa shape index (κ1) is 13.5. The molecule has 1 heterocycles. The Balaban J connectivity index is 1.65. The van der Waals surface area contributed by atoms with E-state index in [1.807, 2.05) is 24.3 Å². The van der Waals surface area contributed by atoms with E-state index < -0.39 is 0 Å². The van der Waals surface area contributed by atoms with Gasteiger partial charge in [0.15, 0.2) is 0 Å². The lowest BCUT2D eigenvalue weighted by Crippen LogP contribution is -2.25. The Kier molecular flexibility index (Phi) is 3.97. The summed E-state index contributed by atoms with van der Waals surface area (Å²) in [7, 11) is 0. The van der Waals surface area contributed by atoms with E-state index in [4.69, 9.17) is 4.74 Å². The Morgan fingerprint density at radius 1 is 1.10 bits per heavy atom. The fourth-order valence-electron chi connectivity index (χ4n) is 2.67.